The molecule has 3 heterocycles. The minimum atomic E-state index is -3.01. The molecular weight excluding hydrogens is 1060 g/mol. The summed E-state index contributed by atoms with van der Waals surface area (Å²) in [5.41, 5.74) is 12.9. The Morgan fingerprint density at radius 2 is 0.588 bits per heavy atom. The summed E-state index contributed by atoms with van der Waals surface area (Å²) in [6, 6.07) is 126. The van der Waals surface area contributed by atoms with Crippen molar-refractivity contribution in [2.45, 2.75) is 0 Å². The molecule has 2 aliphatic heterocycles. The molecule has 0 unspecified atom stereocenters. The first-order chi connectivity index (χ1) is 42.2. The van der Waals surface area contributed by atoms with Crippen LogP contribution in [0.5, 0.6) is 0 Å². The highest BCUT2D eigenvalue weighted by molar-refractivity contribution is 7.22. The van der Waals surface area contributed by atoms with E-state index in [1.54, 1.807) is 0 Å². The van der Waals surface area contributed by atoms with Crippen LogP contribution in [0.25, 0.3) is 60.2 Å². The van der Waals surface area contributed by atoms with Crippen LogP contribution in [0.1, 0.15) is 0 Å². The summed E-state index contributed by atoms with van der Waals surface area (Å²) in [4.78, 5) is 5.07. The molecule has 0 saturated heterocycles. The molecule has 0 bridgehead atoms. The van der Waals surface area contributed by atoms with Crippen LogP contribution in [0, 0.1) is 0 Å². The first kappa shape index (κ1) is 49.1. The second kappa shape index (κ2) is 19.5. The van der Waals surface area contributed by atoms with Gasteiger partial charge in [0, 0.05) is 50.6 Å². The summed E-state index contributed by atoms with van der Waals surface area (Å²) >= 11 is 0. The standard InChI is InChI=1S/C80H55N3Si2/c1-4-28-62(29-5-1)81-71-49-45-61(58-27-22-30-63(51-58)82-73-35-14-18-39-77(73)84(65-31-6-2-7-32-65,66-33-8-3-9-34-66)78-40-19-15-36-74(78)82)54-69(71)70-55-64(46-50-72(70)81)83-75-37-16-20-41-79(75)85(80-42-21-17-38-76(80)83,67-47-43-56-23-10-12-25-59(56)52-67)68-48-44-57-24-11-13-26-60(57)53-68/h1-55H. The summed E-state index contributed by atoms with van der Waals surface area (Å²) < 4.78 is 2.45. The van der Waals surface area contributed by atoms with Crippen molar-refractivity contribution >= 4 is 135 Å². The number of anilines is 6. The predicted molar refractivity (Wildman–Crippen MR) is 365 cm³/mol. The van der Waals surface area contributed by atoms with Gasteiger partial charge in [0.05, 0.1) is 11.0 Å². The van der Waals surface area contributed by atoms with Gasteiger partial charge in [0.15, 0.2) is 16.1 Å². The fourth-order valence-electron chi connectivity index (χ4n) is 14.9. The van der Waals surface area contributed by atoms with Crippen LogP contribution in [-0.2, 0) is 0 Å². The summed E-state index contributed by atoms with van der Waals surface area (Å²) in [7, 11) is -5.78. The fourth-order valence-corrected chi connectivity index (χ4v) is 25.1. The van der Waals surface area contributed by atoms with E-state index in [2.05, 4.69) is 348 Å². The topological polar surface area (TPSA) is 11.4 Å². The van der Waals surface area contributed by atoms with E-state index in [9.17, 15) is 0 Å². The Hall–Kier alpha value is -10.6. The lowest BCUT2D eigenvalue weighted by Crippen LogP contribution is -2.77. The van der Waals surface area contributed by atoms with Crippen molar-refractivity contribution in [1.82, 2.24) is 4.57 Å². The van der Waals surface area contributed by atoms with Gasteiger partial charge in [0.2, 0.25) is 0 Å². The van der Waals surface area contributed by atoms with Crippen molar-refractivity contribution in [1.29, 1.82) is 0 Å². The van der Waals surface area contributed by atoms with Gasteiger partial charge >= 0.3 is 0 Å². The van der Waals surface area contributed by atoms with Gasteiger partial charge in [0.25, 0.3) is 0 Å². The van der Waals surface area contributed by atoms with Crippen molar-refractivity contribution in [2.24, 2.45) is 0 Å². The molecule has 0 amide bonds. The van der Waals surface area contributed by atoms with Gasteiger partial charge in [-0.05, 0) is 153 Å². The summed E-state index contributed by atoms with van der Waals surface area (Å²) in [5, 5.41) is 18.5. The summed E-state index contributed by atoms with van der Waals surface area (Å²) in [6.07, 6.45) is 0. The number of hydrogen-bond donors (Lipinski definition) is 0. The molecule has 0 N–H and O–H groups in total. The lowest BCUT2D eigenvalue weighted by molar-refractivity contribution is 1.18. The Kier molecular flexibility index (Phi) is 11.3. The van der Waals surface area contributed by atoms with Gasteiger partial charge in [0.1, 0.15) is 0 Å². The number of benzene rings is 14. The molecule has 0 atom stereocenters. The molecule has 398 valence electrons. The summed E-state index contributed by atoms with van der Waals surface area (Å²) in [6.45, 7) is 0. The molecule has 15 aromatic rings. The monoisotopic (exact) mass is 1110 g/mol. The normalized spacial score (nSPS) is 13.8. The minimum absolute atomic E-state index is 1.12. The van der Waals surface area contributed by atoms with E-state index >= 15 is 0 Å². The Morgan fingerprint density at radius 1 is 0.212 bits per heavy atom. The Bertz CT molecular complexity index is 4890. The zero-order valence-corrected chi connectivity index (χ0v) is 48.6. The Labute approximate surface area is 496 Å². The van der Waals surface area contributed by atoms with Gasteiger partial charge in [-0.15, -0.1) is 0 Å². The first-order valence-electron chi connectivity index (χ1n) is 29.5. The molecule has 85 heavy (non-hydrogen) atoms. The van der Waals surface area contributed by atoms with Crippen LogP contribution in [0.3, 0.4) is 0 Å². The molecule has 3 nitrogen and oxygen atoms in total. The predicted octanol–water partition coefficient (Wildman–Crippen LogP) is 15.1. The molecule has 1 aromatic heterocycles. The maximum absolute atomic E-state index is 3.01. The van der Waals surface area contributed by atoms with E-state index in [4.69, 9.17) is 0 Å². The maximum Gasteiger partial charge on any atom is 0.184 e. The van der Waals surface area contributed by atoms with Crippen molar-refractivity contribution in [3.05, 3.63) is 334 Å². The zero-order chi connectivity index (χ0) is 56.1. The molecule has 0 radical (unpaired) electrons. The van der Waals surface area contributed by atoms with Crippen LogP contribution in [0.15, 0.2) is 334 Å². The number of para-hydroxylation sites is 5. The first-order valence-corrected chi connectivity index (χ1v) is 33.5. The van der Waals surface area contributed by atoms with Crippen molar-refractivity contribution in [3.8, 4) is 16.8 Å². The summed E-state index contributed by atoms with van der Waals surface area (Å²) in [5.74, 6) is 0. The number of aromatic nitrogens is 1. The van der Waals surface area contributed by atoms with E-state index in [-0.39, 0.29) is 0 Å². The smallest absolute Gasteiger partial charge is 0.184 e. The molecule has 2 aliphatic rings. The van der Waals surface area contributed by atoms with Crippen molar-refractivity contribution in [2.75, 3.05) is 9.80 Å². The van der Waals surface area contributed by atoms with Crippen LogP contribution in [0.2, 0.25) is 0 Å². The molecular formula is C80H55N3Si2. The fraction of sp³-hybridized carbons (Fsp3) is 0. The van der Waals surface area contributed by atoms with Gasteiger partial charge in [-0.1, -0.05) is 255 Å². The highest BCUT2D eigenvalue weighted by Gasteiger charge is 2.50. The largest absolute Gasteiger partial charge is 0.311 e. The third kappa shape index (κ3) is 7.37. The number of hydrogen-bond acceptors (Lipinski definition) is 2. The highest BCUT2D eigenvalue weighted by Crippen LogP contribution is 2.44. The van der Waals surface area contributed by atoms with Crippen LogP contribution >= 0.6 is 0 Å². The van der Waals surface area contributed by atoms with Crippen LogP contribution in [0.4, 0.5) is 34.1 Å². The Morgan fingerprint density at radius 3 is 1.09 bits per heavy atom. The lowest BCUT2D eigenvalue weighted by atomic mass is 10.0. The number of fused-ring (bicyclic) bond motifs is 9. The number of nitrogens with zero attached hydrogens (tertiary/aromatic N) is 3. The van der Waals surface area contributed by atoms with Gasteiger partial charge < -0.3 is 14.4 Å². The third-order valence-corrected chi connectivity index (χ3v) is 28.1. The van der Waals surface area contributed by atoms with Gasteiger partial charge in [-0.2, -0.15) is 0 Å². The van der Waals surface area contributed by atoms with E-state index in [0.717, 1.165) is 33.7 Å². The average Bonchev–Trinajstić information content (AvgIpc) is 1.34. The minimum Gasteiger partial charge on any atom is -0.311 e. The molecule has 5 heteroatoms. The molecule has 17 rings (SSSR count). The second-order valence-electron chi connectivity index (χ2n) is 22.7. The van der Waals surface area contributed by atoms with E-state index in [1.165, 1.54) is 102 Å². The van der Waals surface area contributed by atoms with Gasteiger partial charge in [-0.3, -0.25) is 0 Å². The lowest BCUT2D eigenvalue weighted by Gasteiger charge is -2.45. The van der Waals surface area contributed by atoms with Crippen LogP contribution < -0.4 is 51.3 Å². The zero-order valence-electron chi connectivity index (χ0n) is 46.6. The molecule has 0 fully saturated rings. The molecule has 14 aromatic carbocycles. The van der Waals surface area contributed by atoms with Crippen LogP contribution in [-0.4, -0.2) is 20.7 Å². The maximum atomic E-state index is 2.55. The number of rotatable bonds is 8. The average molecular weight is 1110 g/mol. The molecule has 0 saturated carbocycles. The molecule has 0 aliphatic carbocycles. The van der Waals surface area contributed by atoms with Crippen molar-refractivity contribution in [3.63, 3.8) is 0 Å². The Balaban J connectivity index is 0.847. The van der Waals surface area contributed by atoms with E-state index < -0.39 is 16.1 Å². The third-order valence-electron chi connectivity index (χ3n) is 18.4. The SMILES string of the molecule is c1ccc(-n2c3ccc(-c4cccc(N5c6ccccc6[Si](c6ccccc6)(c6ccccc6)c6ccccc65)c4)cc3c3cc(N4c5ccccc5[Si](c5ccc6ccccc6c5)(c5ccc6ccccc6c5)c5ccccc54)ccc32)cc1. The second-order valence-corrected chi connectivity index (χ2v) is 30.2. The van der Waals surface area contributed by atoms with E-state index in [1.807, 2.05) is 0 Å². The molecule has 0 spiro atoms. The van der Waals surface area contributed by atoms with Crippen molar-refractivity contribution < 1.29 is 0 Å². The quantitative estimate of drug-likeness (QED) is 0.141. The van der Waals surface area contributed by atoms with E-state index in [0.29, 0.717) is 0 Å². The highest BCUT2D eigenvalue weighted by atomic mass is 28.3. The van der Waals surface area contributed by atoms with Gasteiger partial charge in [-0.25, -0.2) is 0 Å².